The highest BCUT2D eigenvalue weighted by Crippen LogP contribution is 2.14. The van der Waals surface area contributed by atoms with Gasteiger partial charge in [0.15, 0.2) is 5.11 Å². The molecular formula is C15H20ClN3O2S. The summed E-state index contributed by atoms with van der Waals surface area (Å²) in [6, 6.07) is 7.07. The molecule has 0 aliphatic carbocycles. The Morgan fingerprint density at radius 1 is 1.14 bits per heavy atom. The van der Waals surface area contributed by atoms with Crippen LogP contribution >= 0.6 is 23.8 Å². The second-order valence-corrected chi connectivity index (χ2v) is 5.80. The third-order valence-corrected chi connectivity index (χ3v) is 3.20. The fourth-order valence-corrected chi connectivity index (χ4v) is 1.87. The molecular weight excluding hydrogens is 322 g/mol. The fraction of sp³-hybridized carbons (Fsp3) is 0.400. The summed E-state index contributed by atoms with van der Waals surface area (Å²) < 4.78 is 0. The molecule has 5 nitrogen and oxygen atoms in total. The van der Waals surface area contributed by atoms with Gasteiger partial charge in [0.25, 0.3) is 0 Å². The van der Waals surface area contributed by atoms with Crippen LogP contribution in [0.3, 0.4) is 0 Å². The third-order valence-electron chi connectivity index (χ3n) is 2.73. The van der Waals surface area contributed by atoms with E-state index in [0.717, 1.165) is 5.69 Å². The zero-order valence-corrected chi connectivity index (χ0v) is 14.2. The van der Waals surface area contributed by atoms with E-state index in [1.165, 1.54) is 0 Å². The first-order valence-corrected chi connectivity index (χ1v) is 7.94. The van der Waals surface area contributed by atoms with Crippen molar-refractivity contribution in [2.45, 2.75) is 26.7 Å². The summed E-state index contributed by atoms with van der Waals surface area (Å²) in [5.74, 6) is 0.160. The lowest BCUT2D eigenvalue weighted by Gasteiger charge is -2.11. The highest BCUT2D eigenvalue weighted by atomic mass is 35.5. The zero-order chi connectivity index (χ0) is 16.5. The van der Waals surface area contributed by atoms with Crippen molar-refractivity contribution < 1.29 is 9.59 Å². The van der Waals surface area contributed by atoms with Crippen molar-refractivity contribution in [2.24, 2.45) is 5.92 Å². The van der Waals surface area contributed by atoms with Crippen molar-refractivity contribution in [3.63, 3.8) is 0 Å². The molecule has 0 spiro atoms. The van der Waals surface area contributed by atoms with Gasteiger partial charge in [-0.15, -0.1) is 11.6 Å². The van der Waals surface area contributed by atoms with Crippen LogP contribution in [0.15, 0.2) is 24.3 Å². The maximum Gasteiger partial charge on any atom is 0.226 e. The number of hydrogen-bond donors (Lipinski definition) is 3. The van der Waals surface area contributed by atoms with E-state index in [-0.39, 0.29) is 22.8 Å². The first-order chi connectivity index (χ1) is 10.4. The molecule has 0 aromatic heterocycles. The molecule has 120 valence electrons. The molecule has 1 aromatic rings. The quantitative estimate of drug-likeness (QED) is 0.549. The van der Waals surface area contributed by atoms with Gasteiger partial charge in [0.05, 0.1) is 0 Å². The van der Waals surface area contributed by atoms with Gasteiger partial charge in [0, 0.05) is 29.6 Å². The Kier molecular flexibility index (Phi) is 7.84. The Morgan fingerprint density at radius 2 is 1.68 bits per heavy atom. The Balaban J connectivity index is 2.48. The summed E-state index contributed by atoms with van der Waals surface area (Å²) >= 11 is 10.6. The molecule has 0 aliphatic rings. The van der Waals surface area contributed by atoms with Crippen LogP contribution < -0.4 is 16.0 Å². The van der Waals surface area contributed by atoms with E-state index in [9.17, 15) is 9.59 Å². The van der Waals surface area contributed by atoms with Crippen LogP contribution in [-0.2, 0) is 9.59 Å². The molecule has 0 radical (unpaired) electrons. The van der Waals surface area contributed by atoms with Gasteiger partial charge >= 0.3 is 0 Å². The molecule has 7 heteroatoms. The molecule has 0 heterocycles. The number of halogens is 1. The van der Waals surface area contributed by atoms with Crippen molar-refractivity contribution in [3.05, 3.63) is 24.3 Å². The lowest BCUT2D eigenvalue weighted by molar-refractivity contribution is -0.120. The van der Waals surface area contributed by atoms with Gasteiger partial charge in [0.2, 0.25) is 11.8 Å². The first-order valence-electron chi connectivity index (χ1n) is 7.00. The van der Waals surface area contributed by atoms with E-state index >= 15 is 0 Å². The van der Waals surface area contributed by atoms with Crippen molar-refractivity contribution in [1.29, 1.82) is 0 Å². The third kappa shape index (κ3) is 6.87. The average Bonchev–Trinajstić information content (AvgIpc) is 2.46. The van der Waals surface area contributed by atoms with E-state index in [4.69, 9.17) is 23.8 Å². The second kappa shape index (κ2) is 9.38. The lowest BCUT2D eigenvalue weighted by Crippen LogP contribution is -2.33. The molecule has 0 saturated heterocycles. The Labute approximate surface area is 140 Å². The predicted octanol–water partition coefficient (Wildman–Crippen LogP) is 3.11. The lowest BCUT2D eigenvalue weighted by atomic mass is 10.2. The smallest absolute Gasteiger partial charge is 0.226 e. The summed E-state index contributed by atoms with van der Waals surface area (Å²) in [4.78, 5) is 23.1. The van der Waals surface area contributed by atoms with Crippen LogP contribution in [0.4, 0.5) is 11.4 Å². The number of anilines is 2. The number of carbonyl (C=O) groups is 2. The molecule has 1 aromatic carbocycles. The summed E-state index contributed by atoms with van der Waals surface area (Å²) in [5.41, 5.74) is 1.44. The largest absolute Gasteiger partial charge is 0.332 e. The van der Waals surface area contributed by atoms with Crippen molar-refractivity contribution in [3.8, 4) is 0 Å². The highest BCUT2D eigenvalue weighted by Gasteiger charge is 2.07. The maximum atomic E-state index is 11.6. The molecule has 3 N–H and O–H groups in total. The van der Waals surface area contributed by atoms with Crippen LogP contribution in [0, 0.1) is 5.92 Å². The van der Waals surface area contributed by atoms with E-state index in [0.29, 0.717) is 24.4 Å². The van der Waals surface area contributed by atoms with E-state index < -0.39 is 0 Å². The van der Waals surface area contributed by atoms with Gasteiger partial charge in [-0.05, 0) is 42.9 Å². The second-order valence-electron chi connectivity index (χ2n) is 5.02. The number of carbonyl (C=O) groups excluding carboxylic acids is 2. The van der Waals surface area contributed by atoms with Crippen LogP contribution in [0.2, 0.25) is 0 Å². The van der Waals surface area contributed by atoms with Crippen molar-refractivity contribution in [2.75, 3.05) is 16.5 Å². The van der Waals surface area contributed by atoms with E-state index in [2.05, 4.69) is 16.0 Å². The van der Waals surface area contributed by atoms with Gasteiger partial charge in [0.1, 0.15) is 0 Å². The molecule has 0 atom stereocenters. The molecule has 1 rings (SSSR count). The number of rotatable bonds is 6. The average molecular weight is 342 g/mol. The number of alkyl halides is 1. The molecule has 22 heavy (non-hydrogen) atoms. The molecule has 0 bridgehead atoms. The van der Waals surface area contributed by atoms with Crippen LogP contribution in [0.5, 0.6) is 0 Å². The van der Waals surface area contributed by atoms with Crippen molar-refractivity contribution >= 4 is 52.1 Å². The minimum Gasteiger partial charge on any atom is -0.332 e. The zero-order valence-electron chi connectivity index (χ0n) is 12.6. The standard InChI is InChI=1S/C15H20ClN3O2S/c1-10(2)14(21)17-11-5-7-12(8-6-11)18-15(22)19-13(20)4-3-9-16/h5-8,10H,3-4,9H2,1-2H3,(H,17,21)(H2,18,19,20,22). The van der Waals surface area contributed by atoms with Crippen LogP contribution in [0.1, 0.15) is 26.7 Å². The number of benzene rings is 1. The van der Waals surface area contributed by atoms with Gasteiger partial charge in [-0.3, -0.25) is 9.59 Å². The van der Waals surface area contributed by atoms with Gasteiger partial charge < -0.3 is 16.0 Å². The predicted molar refractivity (Wildman–Crippen MR) is 94.2 cm³/mol. The minimum absolute atomic E-state index is 0.0391. The van der Waals surface area contributed by atoms with Gasteiger partial charge in [-0.1, -0.05) is 13.8 Å². The number of thiocarbonyl (C=S) groups is 1. The topological polar surface area (TPSA) is 70.2 Å². The van der Waals surface area contributed by atoms with Gasteiger partial charge in [-0.25, -0.2) is 0 Å². The summed E-state index contributed by atoms with van der Waals surface area (Å²) in [7, 11) is 0. The summed E-state index contributed by atoms with van der Waals surface area (Å²) in [5, 5.41) is 8.51. The Bertz CT molecular complexity index is 532. The monoisotopic (exact) mass is 341 g/mol. The highest BCUT2D eigenvalue weighted by molar-refractivity contribution is 7.80. The molecule has 2 amide bonds. The minimum atomic E-state index is -0.168. The van der Waals surface area contributed by atoms with Crippen molar-refractivity contribution in [1.82, 2.24) is 5.32 Å². The normalized spacial score (nSPS) is 10.2. The number of amides is 2. The number of nitrogens with one attached hydrogen (secondary N) is 3. The molecule has 0 unspecified atom stereocenters. The van der Waals surface area contributed by atoms with Crippen LogP contribution in [0.25, 0.3) is 0 Å². The van der Waals surface area contributed by atoms with Crippen LogP contribution in [-0.4, -0.2) is 22.8 Å². The fourth-order valence-electron chi connectivity index (χ4n) is 1.50. The molecule has 0 saturated carbocycles. The van der Waals surface area contributed by atoms with E-state index in [1.54, 1.807) is 24.3 Å². The Morgan fingerprint density at radius 3 is 2.18 bits per heavy atom. The molecule has 0 fully saturated rings. The van der Waals surface area contributed by atoms with Gasteiger partial charge in [-0.2, -0.15) is 0 Å². The molecule has 0 aliphatic heterocycles. The van der Waals surface area contributed by atoms with E-state index in [1.807, 2.05) is 13.8 Å². The SMILES string of the molecule is CC(C)C(=O)Nc1ccc(NC(=S)NC(=O)CCCCl)cc1. The maximum absolute atomic E-state index is 11.6. The first kappa shape index (κ1) is 18.4. The summed E-state index contributed by atoms with van der Waals surface area (Å²) in [6.45, 7) is 3.66. The Hall–Kier alpha value is -1.66. The number of hydrogen-bond acceptors (Lipinski definition) is 3. The summed E-state index contributed by atoms with van der Waals surface area (Å²) in [6.07, 6.45) is 0.950.